The predicted octanol–water partition coefficient (Wildman–Crippen LogP) is 4.33. The number of nitrogens with zero attached hydrogens (tertiary/aromatic N) is 1. The van der Waals surface area contributed by atoms with E-state index in [4.69, 9.17) is 9.47 Å². The zero-order valence-electron chi connectivity index (χ0n) is 16.1. The van der Waals surface area contributed by atoms with Gasteiger partial charge in [0.25, 0.3) is 5.91 Å². The molecule has 0 unspecified atom stereocenters. The van der Waals surface area contributed by atoms with Crippen molar-refractivity contribution in [2.24, 2.45) is 5.92 Å². The zero-order chi connectivity index (χ0) is 19.4. The quantitative estimate of drug-likeness (QED) is 0.759. The molecule has 0 aromatic heterocycles. The largest absolute Gasteiger partial charge is 0.486 e. The van der Waals surface area contributed by atoms with Crippen molar-refractivity contribution in [3.8, 4) is 11.5 Å². The Morgan fingerprint density at radius 2 is 1.74 bits per heavy atom. The number of benzene rings is 2. The van der Waals surface area contributed by atoms with Gasteiger partial charge in [0, 0.05) is 18.2 Å². The number of carbonyl (C=O) groups is 1. The lowest BCUT2D eigenvalue weighted by molar-refractivity contribution is 0.0637. The minimum Gasteiger partial charge on any atom is -0.486 e. The average molecular weight is 371 g/mol. The van der Waals surface area contributed by atoms with Crippen LogP contribution in [0.2, 0.25) is 0 Å². The van der Waals surface area contributed by atoms with E-state index in [1.165, 1.54) is 12.1 Å². The Morgan fingerprint density at radius 3 is 2.37 bits per heavy atom. The number of rotatable bonds is 6. The van der Waals surface area contributed by atoms with Gasteiger partial charge in [0.2, 0.25) is 0 Å². The highest BCUT2D eigenvalue weighted by Crippen LogP contribution is 2.31. The molecule has 1 amide bonds. The second-order valence-electron chi connectivity index (χ2n) is 7.09. The van der Waals surface area contributed by atoms with Crippen molar-refractivity contribution in [1.82, 2.24) is 4.90 Å². The molecular formula is C22H26FNO3. The number of carbonyl (C=O) groups excluding carboxylic acids is 1. The van der Waals surface area contributed by atoms with Crippen LogP contribution in [0.1, 0.15) is 36.7 Å². The number of hydrogen-bond acceptors (Lipinski definition) is 3. The van der Waals surface area contributed by atoms with Gasteiger partial charge >= 0.3 is 0 Å². The molecule has 0 N–H and O–H groups in total. The smallest absolute Gasteiger partial charge is 0.254 e. The fraction of sp³-hybridized carbons (Fsp3) is 0.409. The Hall–Kier alpha value is -2.56. The third-order valence-corrected chi connectivity index (χ3v) is 4.92. The third-order valence-electron chi connectivity index (χ3n) is 4.92. The topological polar surface area (TPSA) is 38.8 Å². The van der Waals surface area contributed by atoms with Gasteiger partial charge in [0.15, 0.2) is 11.5 Å². The minimum absolute atomic E-state index is 0.0150. The van der Waals surface area contributed by atoms with E-state index in [1.807, 2.05) is 11.8 Å². The van der Waals surface area contributed by atoms with Crippen LogP contribution in [-0.2, 0) is 6.42 Å². The Kier molecular flexibility index (Phi) is 5.99. The first kappa shape index (κ1) is 19.2. The highest BCUT2D eigenvalue weighted by atomic mass is 19.1. The number of fused-ring (bicyclic) bond motifs is 1. The highest BCUT2D eigenvalue weighted by Gasteiger charge is 2.27. The molecule has 4 nitrogen and oxygen atoms in total. The van der Waals surface area contributed by atoms with Crippen molar-refractivity contribution in [2.45, 2.75) is 33.2 Å². The van der Waals surface area contributed by atoms with Gasteiger partial charge in [-0.2, -0.15) is 0 Å². The molecule has 0 aliphatic carbocycles. The monoisotopic (exact) mass is 371 g/mol. The Balaban J connectivity index is 1.83. The highest BCUT2D eigenvalue weighted by molar-refractivity contribution is 5.95. The molecule has 1 aliphatic rings. The Bertz CT molecular complexity index is 789. The number of amides is 1. The molecule has 0 radical (unpaired) electrons. The lowest BCUT2D eigenvalue weighted by Gasteiger charge is -2.34. The summed E-state index contributed by atoms with van der Waals surface area (Å²) in [5.41, 5.74) is 1.61. The summed E-state index contributed by atoms with van der Waals surface area (Å²) in [5, 5.41) is 0. The van der Waals surface area contributed by atoms with Crippen LogP contribution in [0.25, 0.3) is 0 Å². The molecule has 2 aromatic carbocycles. The normalized spacial score (nSPS) is 14.1. The van der Waals surface area contributed by atoms with Crippen molar-refractivity contribution in [3.05, 3.63) is 59.4 Å². The minimum atomic E-state index is -0.250. The lowest BCUT2D eigenvalue weighted by Crippen LogP contribution is -2.44. The molecule has 1 aliphatic heterocycles. The molecule has 0 fully saturated rings. The number of likely N-dealkylation sites (N-methyl/N-ethyl adjacent to an activating group) is 1. The predicted molar refractivity (Wildman–Crippen MR) is 103 cm³/mol. The summed E-state index contributed by atoms with van der Waals surface area (Å²) in [7, 11) is 0. The second-order valence-corrected chi connectivity index (χ2v) is 7.09. The molecule has 0 spiro atoms. The summed E-state index contributed by atoms with van der Waals surface area (Å²) in [5.74, 6) is 1.27. The first-order valence-corrected chi connectivity index (χ1v) is 9.44. The third kappa shape index (κ3) is 4.41. The van der Waals surface area contributed by atoms with Crippen LogP contribution in [0.5, 0.6) is 11.5 Å². The molecule has 1 atom stereocenters. The van der Waals surface area contributed by atoms with Crippen LogP contribution in [0.3, 0.4) is 0 Å². The van der Waals surface area contributed by atoms with E-state index in [2.05, 4.69) is 13.8 Å². The molecule has 5 heteroatoms. The molecule has 0 bridgehead atoms. The number of ether oxygens (including phenoxy) is 2. The fourth-order valence-electron chi connectivity index (χ4n) is 3.44. The van der Waals surface area contributed by atoms with Gasteiger partial charge in [-0.1, -0.05) is 26.0 Å². The molecule has 0 saturated heterocycles. The van der Waals surface area contributed by atoms with E-state index >= 15 is 0 Å². The van der Waals surface area contributed by atoms with Crippen molar-refractivity contribution in [1.29, 1.82) is 0 Å². The van der Waals surface area contributed by atoms with E-state index in [0.717, 1.165) is 5.56 Å². The van der Waals surface area contributed by atoms with Crippen LogP contribution in [0.15, 0.2) is 42.5 Å². The summed E-state index contributed by atoms with van der Waals surface area (Å²) in [6, 6.07) is 11.8. The molecular weight excluding hydrogens is 345 g/mol. The summed E-state index contributed by atoms with van der Waals surface area (Å²) >= 11 is 0. The van der Waals surface area contributed by atoms with Crippen molar-refractivity contribution < 1.29 is 18.7 Å². The molecule has 144 valence electrons. The van der Waals surface area contributed by atoms with Crippen LogP contribution in [0.4, 0.5) is 4.39 Å². The SMILES string of the molecule is CCN(C(=O)c1ccc2c(c1)OCCO2)[C@H](Cc1ccc(F)cc1)C(C)C. The van der Waals surface area contributed by atoms with Crippen molar-refractivity contribution in [2.75, 3.05) is 19.8 Å². The summed E-state index contributed by atoms with van der Waals surface area (Å²) in [6.07, 6.45) is 0.683. The fourth-order valence-corrected chi connectivity index (χ4v) is 3.44. The van der Waals surface area contributed by atoms with E-state index in [0.29, 0.717) is 43.2 Å². The first-order chi connectivity index (χ1) is 13.0. The van der Waals surface area contributed by atoms with Crippen LogP contribution in [-0.4, -0.2) is 36.6 Å². The van der Waals surface area contributed by atoms with E-state index in [9.17, 15) is 9.18 Å². The average Bonchev–Trinajstić information content (AvgIpc) is 2.68. The number of halogens is 1. The van der Waals surface area contributed by atoms with Gasteiger partial charge in [0.1, 0.15) is 19.0 Å². The van der Waals surface area contributed by atoms with Crippen LogP contribution in [0, 0.1) is 11.7 Å². The maximum atomic E-state index is 13.2. The summed E-state index contributed by atoms with van der Waals surface area (Å²) in [6.45, 7) is 7.80. The van der Waals surface area contributed by atoms with Crippen molar-refractivity contribution in [3.63, 3.8) is 0 Å². The van der Waals surface area contributed by atoms with Gasteiger partial charge in [0.05, 0.1) is 0 Å². The zero-order valence-corrected chi connectivity index (χ0v) is 16.1. The van der Waals surface area contributed by atoms with Crippen molar-refractivity contribution >= 4 is 5.91 Å². The van der Waals surface area contributed by atoms with Gasteiger partial charge in [-0.3, -0.25) is 4.79 Å². The first-order valence-electron chi connectivity index (χ1n) is 9.44. The molecule has 3 rings (SSSR count). The van der Waals surface area contributed by atoms with Gasteiger partial charge in [-0.25, -0.2) is 4.39 Å². The van der Waals surface area contributed by atoms with Crippen LogP contribution >= 0.6 is 0 Å². The summed E-state index contributed by atoms with van der Waals surface area (Å²) < 4.78 is 24.4. The Labute approximate surface area is 159 Å². The van der Waals surface area contributed by atoms with Gasteiger partial charge in [-0.15, -0.1) is 0 Å². The second kappa shape index (κ2) is 8.42. The van der Waals surface area contributed by atoms with Crippen LogP contribution < -0.4 is 9.47 Å². The van der Waals surface area contributed by atoms with Gasteiger partial charge in [-0.05, 0) is 55.2 Å². The molecule has 2 aromatic rings. The Morgan fingerprint density at radius 1 is 1.07 bits per heavy atom. The maximum absolute atomic E-state index is 13.2. The molecule has 27 heavy (non-hydrogen) atoms. The van der Waals surface area contributed by atoms with Gasteiger partial charge < -0.3 is 14.4 Å². The number of hydrogen-bond donors (Lipinski definition) is 0. The standard InChI is InChI=1S/C22H26FNO3/c1-4-24(19(15(2)3)13-16-5-8-18(23)9-6-16)22(25)17-7-10-20-21(14-17)27-12-11-26-20/h5-10,14-15,19H,4,11-13H2,1-3H3/t19-/m1/s1. The van der Waals surface area contributed by atoms with E-state index < -0.39 is 0 Å². The summed E-state index contributed by atoms with van der Waals surface area (Å²) in [4.78, 5) is 15.1. The van der Waals surface area contributed by atoms with E-state index in [-0.39, 0.29) is 23.7 Å². The van der Waals surface area contributed by atoms with E-state index in [1.54, 1.807) is 30.3 Å². The molecule has 0 saturated carbocycles. The molecule has 1 heterocycles. The lowest BCUT2D eigenvalue weighted by atomic mass is 9.94. The maximum Gasteiger partial charge on any atom is 0.254 e.